The lowest BCUT2D eigenvalue weighted by Gasteiger charge is -2.31. The average molecular weight is 273 g/mol. The highest BCUT2D eigenvalue weighted by atomic mass is 16.2. The van der Waals surface area contributed by atoms with Crippen molar-refractivity contribution in [2.75, 3.05) is 4.90 Å². The topological polar surface area (TPSA) is 46.1 Å². The summed E-state index contributed by atoms with van der Waals surface area (Å²) in [5.74, 6) is 2.38. The first-order valence-corrected chi connectivity index (χ1v) is 7.73. The van der Waals surface area contributed by atoms with E-state index in [4.69, 9.17) is 0 Å². The summed E-state index contributed by atoms with van der Waals surface area (Å²) in [6, 6.07) is 0.250. The molecule has 0 aromatic carbocycles. The Bertz CT molecular complexity index is 551. The number of aryl methyl sites for hydroxylation is 1. The van der Waals surface area contributed by atoms with Gasteiger partial charge in [0.1, 0.15) is 11.6 Å². The zero-order valence-corrected chi connectivity index (χ0v) is 12.8. The van der Waals surface area contributed by atoms with Crippen LogP contribution in [0.2, 0.25) is 0 Å². The Morgan fingerprint density at radius 1 is 1.35 bits per heavy atom. The minimum absolute atomic E-state index is 0.250. The van der Waals surface area contributed by atoms with Crippen LogP contribution < -0.4 is 4.90 Å². The number of hydrogen-bond donors (Lipinski definition) is 0. The first-order chi connectivity index (χ1) is 9.55. The Morgan fingerprint density at radius 2 is 2.05 bits per heavy atom. The zero-order valence-electron chi connectivity index (χ0n) is 12.8. The van der Waals surface area contributed by atoms with Gasteiger partial charge in [0.15, 0.2) is 0 Å². The Balaban J connectivity index is 2.08. The van der Waals surface area contributed by atoms with Crippen LogP contribution in [0.1, 0.15) is 57.8 Å². The molecule has 3 rings (SSSR count). The molecule has 1 amide bonds. The molecule has 1 aromatic rings. The van der Waals surface area contributed by atoms with E-state index < -0.39 is 0 Å². The van der Waals surface area contributed by atoms with E-state index in [1.807, 2.05) is 18.0 Å². The predicted molar refractivity (Wildman–Crippen MR) is 78.7 cm³/mol. The van der Waals surface area contributed by atoms with Gasteiger partial charge in [-0.2, -0.15) is 0 Å². The molecule has 1 aliphatic carbocycles. The van der Waals surface area contributed by atoms with Gasteiger partial charge < -0.3 is 0 Å². The first-order valence-electron chi connectivity index (χ1n) is 7.73. The van der Waals surface area contributed by atoms with E-state index in [2.05, 4.69) is 30.7 Å². The van der Waals surface area contributed by atoms with Crippen molar-refractivity contribution in [1.82, 2.24) is 9.97 Å². The minimum atomic E-state index is -0.274. The summed E-state index contributed by atoms with van der Waals surface area (Å²) >= 11 is 0. The number of rotatable bonds is 4. The van der Waals surface area contributed by atoms with Gasteiger partial charge in [-0.15, -0.1) is 0 Å². The molecule has 4 nitrogen and oxygen atoms in total. The summed E-state index contributed by atoms with van der Waals surface area (Å²) in [6.45, 7) is 8.47. The second-order valence-corrected chi connectivity index (χ2v) is 6.27. The van der Waals surface area contributed by atoms with Crippen LogP contribution in [-0.2, 0) is 10.2 Å². The Kier molecular flexibility index (Phi) is 3.07. The molecule has 20 heavy (non-hydrogen) atoms. The van der Waals surface area contributed by atoms with Gasteiger partial charge in [0.25, 0.3) is 0 Å². The lowest BCUT2D eigenvalue weighted by atomic mass is 9.95. The highest BCUT2D eigenvalue weighted by molar-refractivity contribution is 6.09. The van der Waals surface area contributed by atoms with Gasteiger partial charge in [0.2, 0.25) is 5.91 Å². The second kappa shape index (κ2) is 4.54. The van der Waals surface area contributed by atoms with Crippen LogP contribution in [0, 0.1) is 12.8 Å². The Labute approximate surface area is 120 Å². The summed E-state index contributed by atoms with van der Waals surface area (Å²) in [5, 5.41) is 0. The standard InChI is InChI=1S/C16H23N3O/c1-5-10(3)13(6-2)19-14-12(9-17-11(4)18-14)16(7-8-16)15(19)20/h9-10,13H,5-8H2,1-4H3. The number of fused-ring (bicyclic) bond motifs is 2. The number of carbonyl (C=O) groups excluding carboxylic acids is 1. The Morgan fingerprint density at radius 3 is 2.60 bits per heavy atom. The molecule has 4 heteroatoms. The van der Waals surface area contributed by atoms with Gasteiger partial charge in [0, 0.05) is 17.8 Å². The summed E-state index contributed by atoms with van der Waals surface area (Å²) in [6.07, 6.45) is 5.84. The molecule has 1 aromatic heterocycles. The van der Waals surface area contributed by atoms with Crippen LogP contribution in [0.4, 0.5) is 5.82 Å². The number of hydrogen-bond acceptors (Lipinski definition) is 3. The molecular weight excluding hydrogens is 250 g/mol. The van der Waals surface area contributed by atoms with Crippen molar-refractivity contribution in [3.63, 3.8) is 0 Å². The SMILES string of the molecule is CCC(C)C(CC)N1C(=O)C2(CC2)c2cnc(C)nc21. The summed E-state index contributed by atoms with van der Waals surface area (Å²) < 4.78 is 0. The van der Waals surface area contributed by atoms with Crippen LogP contribution in [0.5, 0.6) is 0 Å². The number of aromatic nitrogens is 2. The third-order valence-corrected chi connectivity index (χ3v) is 5.06. The van der Waals surface area contributed by atoms with Gasteiger partial charge in [-0.05, 0) is 32.1 Å². The summed E-state index contributed by atoms with van der Waals surface area (Å²) in [5.41, 5.74) is 0.791. The molecule has 1 fully saturated rings. The smallest absolute Gasteiger partial charge is 0.239 e. The lowest BCUT2D eigenvalue weighted by molar-refractivity contribution is -0.120. The van der Waals surface area contributed by atoms with Crippen molar-refractivity contribution < 1.29 is 4.79 Å². The second-order valence-electron chi connectivity index (χ2n) is 6.27. The summed E-state index contributed by atoms with van der Waals surface area (Å²) in [4.78, 5) is 23.8. The van der Waals surface area contributed by atoms with Crippen LogP contribution in [-0.4, -0.2) is 21.9 Å². The molecule has 0 radical (unpaired) electrons. The number of amides is 1. The van der Waals surface area contributed by atoms with Crippen LogP contribution in [0.25, 0.3) is 0 Å². The quantitative estimate of drug-likeness (QED) is 0.847. The number of carbonyl (C=O) groups is 1. The average Bonchev–Trinajstić information content (AvgIpc) is 3.20. The van der Waals surface area contributed by atoms with E-state index in [9.17, 15) is 4.79 Å². The van der Waals surface area contributed by atoms with Gasteiger partial charge in [0.05, 0.1) is 5.41 Å². The van der Waals surface area contributed by atoms with Gasteiger partial charge in [-0.3, -0.25) is 9.69 Å². The van der Waals surface area contributed by atoms with Crippen LogP contribution in [0.15, 0.2) is 6.20 Å². The molecule has 2 aliphatic rings. The maximum absolute atomic E-state index is 12.9. The normalized spacial score (nSPS) is 22.0. The zero-order chi connectivity index (χ0) is 14.5. The van der Waals surface area contributed by atoms with Crippen molar-refractivity contribution >= 4 is 11.7 Å². The van der Waals surface area contributed by atoms with E-state index in [1.54, 1.807) is 0 Å². The van der Waals surface area contributed by atoms with Crippen molar-refractivity contribution in [2.45, 2.75) is 64.8 Å². The van der Waals surface area contributed by atoms with Crippen molar-refractivity contribution in [3.8, 4) is 0 Å². The van der Waals surface area contributed by atoms with Crippen molar-refractivity contribution in [1.29, 1.82) is 0 Å². The van der Waals surface area contributed by atoms with E-state index in [-0.39, 0.29) is 17.4 Å². The van der Waals surface area contributed by atoms with E-state index >= 15 is 0 Å². The monoisotopic (exact) mass is 273 g/mol. The lowest BCUT2D eigenvalue weighted by Crippen LogP contribution is -2.44. The fourth-order valence-electron chi connectivity index (χ4n) is 3.45. The molecular formula is C16H23N3O. The Hall–Kier alpha value is -1.45. The van der Waals surface area contributed by atoms with E-state index in [0.29, 0.717) is 5.92 Å². The molecule has 1 aliphatic heterocycles. The third-order valence-electron chi connectivity index (χ3n) is 5.06. The first kappa shape index (κ1) is 13.5. The molecule has 1 saturated carbocycles. The highest BCUT2D eigenvalue weighted by Crippen LogP contribution is 2.57. The van der Waals surface area contributed by atoms with Crippen LogP contribution in [0.3, 0.4) is 0 Å². The van der Waals surface area contributed by atoms with E-state index in [0.717, 1.165) is 42.9 Å². The summed E-state index contributed by atoms with van der Waals surface area (Å²) in [7, 11) is 0. The van der Waals surface area contributed by atoms with Crippen molar-refractivity contribution in [3.05, 3.63) is 17.6 Å². The highest BCUT2D eigenvalue weighted by Gasteiger charge is 2.61. The molecule has 2 atom stereocenters. The molecule has 1 spiro atoms. The third kappa shape index (κ3) is 1.70. The fourth-order valence-corrected chi connectivity index (χ4v) is 3.45. The maximum Gasteiger partial charge on any atom is 0.239 e. The van der Waals surface area contributed by atoms with Gasteiger partial charge in [-0.25, -0.2) is 9.97 Å². The number of anilines is 1. The van der Waals surface area contributed by atoms with E-state index in [1.165, 1.54) is 0 Å². The van der Waals surface area contributed by atoms with Gasteiger partial charge in [-0.1, -0.05) is 27.2 Å². The molecule has 108 valence electrons. The molecule has 0 saturated heterocycles. The number of nitrogens with zero attached hydrogens (tertiary/aromatic N) is 3. The molecule has 2 heterocycles. The predicted octanol–water partition coefficient (Wildman–Crippen LogP) is 2.99. The van der Waals surface area contributed by atoms with Gasteiger partial charge >= 0.3 is 0 Å². The maximum atomic E-state index is 12.9. The fraction of sp³-hybridized carbons (Fsp3) is 0.688. The van der Waals surface area contributed by atoms with Crippen LogP contribution >= 0.6 is 0 Å². The van der Waals surface area contributed by atoms with Crippen molar-refractivity contribution in [2.24, 2.45) is 5.92 Å². The molecule has 0 N–H and O–H groups in total. The largest absolute Gasteiger partial charge is 0.292 e. The molecule has 0 bridgehead atoms. The minimum Gasteiger partial charge on any atom is -0.292 e. The molecule has 2 unspecified atom stereocenters.